The van der Waals surface area contributed by atoms with Gasteiger partial charge in [-0.05, 0) is 42.7 Å². The fraction of sp³-hybridized carbons (Fsp3) is 0.333. The van der Waals surface area contributed by atoms with E-state index in [1.54, 1.807) is 24.4 Å². The van der Waals surface area contributed by atoms with Crippen LogP contribution < -0.4 is 9.64 Å². The van der Waals surface area contributed by atoms with E-state index in [1.165, 1.54) is 0 Å². The molecule has 2 aromatic rings. The van der Waals surface area contributed by atoms with Crippen molar-refractivity contribution in [3.05, 3.63) is 54.4 Å². The van der Waals surface area contributed by atoms with Crippen LogP contribution >= 0.6 is 0 Å². The molecule has 120 valence electrons. The molecular formula is C18H20N2O3. The van der Waals surface area contributed by atoms with Crippen LogP contribution in [0, 0.1) is 0 Å². The minimum atomic E-state index is -0.346. The SMILES string of the molecule is COc1ccc(CN(C(=O)[C@H]2CCCO2)c2ccncc2)cc1. The van der Waals surface area contributed by atoms with Gasteiger partial charge < -0.3 is 14.4 Å². The second-order valence-corrected chi connectivity index (χ2v) is 5.48. The molecule has 3 rings (SSSR count). The normalized spacial score (nSPS) is 17.0. The third-order valence-corrected chi connectivity index (χ3v) is 3.95. The molecule has 23 heavy (non-hydrogen) atoms. The molecular weight excluding hydrogens is 292 g/mol. The molecule has 1 amide bonds. The Labute approximate surface area is 135 Å². The molecule has 2 heterocycles. The fourth-order valence-electron chi connectivity index (χ4n) is 2.68. The summed E-state index contributed by atoms with van der Waals surface area (Å²) in [6.45, 7) is 1.15. The molecule has 0 unspecified atom stereocenters. The summed E-state index contributed by atoms with van der Waals surface area (Å²) in [5.74, 6) is 0.805. The quantitative estimate of drug-likeness (QED) is 0.852. The van der Waals surface area contributed by atoms with Crippen LogP contribution in [0.25, 0.3) is 0 Å². The summed E-state index contributed by atoms with van der Waals surface area (Å²) in [6, 6.07) is 11.4. The molecule has 0 bridgehead atoms. The smallest absolute Gasteiger partial charge is 0.256 e. The molecule has 0 spiro atoms. The Bertz CT molecular complexity index is 637. The maximum absolute atomic E-state index is 12.8. The molecule has 5 nitrogen and oxygen atoms in total. The molecule has 0 N–H and O–H groups in total. The number of methoxy groups -OCH3 is 1. The van der Waals surface area contributed by atoms with E-state index in [0.29, 0.717) is 13.2 Å². The van der Waals surface area contributed by atoms with E-state index in [4.69, 9.17) is 9.47 Å². The van der Waals surface area contributed by atoms with Crippen molar-refractivity contribution in [1.82, 2.24) is 4.98 Å². The van der Waals surface area contributed by atoms with E-state index in [9.17, 15) is 4.79 Å². The average molecular weight is 312 g/mol. The Morgan fingerprint density at radius 3 is 2.61 bits per heavy atom. The summed E-state index contributed by atoms with van der Waals surface area (Å²) in [5.41, 5.74) is 1.87. The van der Waals surface area contributed by atoms with Crippen LogP contribution in [0.5, 0.6) is 5.75 Å². The molecule has 1 aromatic heterocycles. The van der Waals surface area contributed by atoms with Gasteiger partial charge in [0, 0.05) is 24.7 Å². The van der Waals surface area contributed by atoms with Crippen LogP contribution in [-0.4, -0.2) is 30.7 Å². The van der Waals surface area contributed by atoms with Crippen molar-refractivity contribution in [2.24, 2.45) is 0 Å². The summed E-state index contributed by atoms with van der Waals surface area (Å²) >= 11 is 0. The highest BCUT2D eigenvalue weighted by Gasteiger charge is 2.29. The van der Waals surface area contributed by atoms with Crippen molar-refractivity contribution in [3.8, 4) is 5.75 Å². The third-order valence-electron chi connectivity index (χ3n) is 3.95. The molecule has 1 aromatic carbocycles. The van der Waals surface area contributed by atoms with Crippen molar-refractivity contribution >= 4 is 11.6 Å². The van der Waals surface area contributed by atoms with Crippen LogP contribution in [0.15, 0.2) is 48.8 Å². The summed E-state index contributed by atoms with van der Waals surface area (Å²) in [5, 5.41) is 0. The highest BCUT2D eigenvalue weighted by Crippen LogP contribution is 2.23. The van der Waals surface area contributed by atoms with E-state index in [2.05, 4.69) is 4.98 Å². The van der Waals surface area contributed by atoms with Crippen molar-refractivity contribution in [3.63, 3.8) is 0 Å². The number of carbonyl (C=O) groups is 1. The molecule has 1 aliphatic heterocycles. The number of carbonyl (C=O) groups excluding carboxylic acids is 1. The van der Waals surface area contributed by atoms with Gasteiger partial charge in [0.15, 0.2) is 0 Å². The summed E-state index contributed by atoms with van der Waals surface area (Å²) in [7, 11) is 1.64. The van der Waals surface area contributed by atoms with Gasteiger partial charge in [0.1, 0.15) is 11.9 Å². The van der Waals surface area contributed by atoms with E-state index in [1.807, 2.05) is 36.4 Å². The van der Waals surface area contributed by atoms with Crippen LogP contribution in [0.3, 0.4) is 0 Å². The van der Waals surface area contributed by atoms with Crippen LogP contribution in [0.4, 0.5) is 5.69 Å². The second kappa shape index (κ2) is 7.24. The number of anilines is 1. The van der Waals surface area contributed by atoms with Crippen LogP contribution in [0.1, 0.15) is 18.4 Å². The van der Waals surface area contributed by atoms with Crippen molar-refractivity contribution in [2.45, 2.75) is 25.5 Å². The minimum absolute atomic E-state index is 0.00418. The number of aromatic nitrogens is 1. The zero-order valence-electron chi connectivity index (χ0n) is 13.1. The Hall–Kier alpha value is -2.40. The summed E-state index contributed by atoms with van der Waals surface area (Å²) in [4.78, 5) is 18.6. The lowest BCUT2D eigenvalue weighted by atomic mass is 10.1. The highest BCUT2D eigenvalue weighted by atomic mass is 16.5. The first kappa shape index (κ1) is 15.5. The molecule has 5 heteroatoms. The monoisotopic (exact) mass is 312 g/mol. The lowest BCUT2D eigenvalue weighted by Crippen LogP contribution is -2.38. The molecule has 0 saturated carbocycles. The third kappa shape index (κ3) is 3.68. The first-order valence-electron chi connectivity index (χ1n) is 7.74. The largest absolute Gasteiger partial charge is 0.497 e. The van der Waals surface area contributed by atoms with Gasteiger partial charge in [-0.1, -0.05) is 12.1 Å². The predicted octanol–water partition coefficient (Wildman–Crippen LogP) is 2.80. The Morgan fingerprint density at radius 1 is 1.26 bits per heavy atom. The number of pyridine rings is 1. The van der Waals surface area contributed by atoms with Crippen molar-refractivity contribution in [1.29, 1.82) is 0 Å². The van der Waals surface area contributed by atoms with Gasteiger partial charge in [0.2, 0.25) is 0 Å². The number of hydrogen-bond acceptors (Lipinski definition) is 4. The van der Waals surface area contributed by atoms with Gasteiger partial charge in [-0.25, -0.2) is 0 Å². The predicted molar refractivity (Wildman–Crippen MR) is 87.4 cm³/mol. The molecule has 1 fully saturated rings. The Balaban J connectivity index is 1.83. The van der Waals surface area contributed by atoms with Crippen LogP contribution in [0.2, 0.25) is 0 Å². The van der Waals surface area contributed by atoms with Gasteiger partial charge in [0.25, 0.3) is 5.91 Å². The topological polar surface area (TPSA) is 51.7 Å². The maximum atomic E-state index is 12.8. The van der Waals surface area contributed by atoms with E-state index in [-0.39, 0.29) is 12.0 Å². The minimum Gasteiger partial charge on any atom is -0.497 e. The first-order valence-corrected chi connectivity index (χ1v) is 7.74. The van der Waals surface area contributed by atoms with E-state index < -0.39 is 0 Å². The number of benzene rings is 1. The highest BCUT2D eigenvalue weighted by molar-refractivity contribution is 5.96. The molecule has 1 saturated heterocycles. The average Bonchev–Trinajstić information content (AvgIpc) is 3.15. The van der Waals surface area contributed by atoms with Gasteiger partial charge >= 0.3 is 0 Å². The molecule has 1 aliphatic rings. The van der Waals surface area contributed by atoms with E-state index in [0.717, 1.165) is 29.8 Å². The fourth-order valence-corrected chi connectivity index (χ4v) is 2.68. The number of hydrogen-bond donors (Lipinski definition) is 0. The van der Waals surface area contributed by atoms with Gasteiger partial charge in [-0.2, -0.15) is 0 Å². The lowest BCUT2D eigenvalue weighted by Gasteiger charge is -2.25. The van der Waals surface area contributed by atoms with Crippen LogP contribution in [-0.2, 0) is 16.1 Å². The zero-order chi connectivity index (χ0) is 16.1. The van der Waals surface area contributed by atoms with Gasteiger partial charge in [-0.3, -0.25) is 9.78 Å². The van der Waals surface area contributed by atoms with E-state index >= 15 is 0 Å². The molecule has 0 aliphatic carbocycles. The number of nitrogens with zero attached hydrogens (tertiary/aromatic N) is 2. The van der Waals surface area contributed by atoms with Gasteiger partial charge in [0.05, 0.1) is 13.7 Å². The zero-order valence-corrected chi connectivity index (χ0v) is 13.1. The Morgan fingerprint density at radius 2 is 2.00 bits per heavy atom. The summed E-state index contributed by atoms with van der Waals surface area (Å²) in [6.07, 6.45) is 4.76. The van der Waals surface area contributed by atoms with Crippen molar-refractivity contribution in [2.75, 3.05) is 18.6 Å². The summed E-state index contributed by atoms with van der Waals surface area (Å²) < 4.78 is 10.7. The maximum Gasteiger partial charge on any atom is 0.256 e. The number of amides is 1. The molecule has 1 atom stereocenters. The first-order chi connectivity index (χ1) is 11.3. The van der Waals surface area contributed by atoms with Gasteiger partial charge in [-0.15, -0.1) is 0 Å². The lowest BCUT2D eigenvalue weighted by molar-refractivity contribution is -0.127. The second-order valence-electron chi connectivity index (χ2n) is 5.48. The molecule has 0 radical (unpaired) electrons. The number of ether oxygens (including phenoxy) is 2. The van der Waals surface area contributed by atoms with Crippen molar-refractivity contribution < 1.29 is 14.3 Å². The Kier molecular flexibility index (Phi) is 4.88. The standard InChI is InChI=1S/C18H20N2O3/c1-22-16-6-4-14(5-7-16)13-20(15-8-10-19-11-9-15)18(21)17-3-2-12-23-17/h4-11,17H,2-3,12-13H2,1H3/t17-/m1/s1. The number of rotatable bonds is 5.